The number of carbonyl (C=O) groups is 1. The maximum atomic E-state index is 12.7. The van der Waals surface area contributed by atoms with Crippen LogP contribution >= 0.6 is 0 Å². The van der Waals surface area contributed by atoms with Gasteiger partial charge in [0.1, 0.15) is 5.69 Å². The first-order valence-electron chi connectivity index (χ1n) is 8.57. The second-order valence-electron chi connectivity index (χ2n) is 6.33. The van der Waals surface area contributed by atoms with E-state index in [0.29, 0.717) is 25.3 Å². The van der Waals surface area contributed by atoms with Gasteiger partial charge in [0.15, 0.2) is 5.58 Å². The van der Waals surface area contributed by atoms with E-state index in [-0.39, 0.29) is 5.91 Å². The topological polar surface area (TPSA) is 65.0 Å². The third-order valence-electron chi connectivity index (χ3n) is 4.43. The molecule has 132 valence electrons. The lowest BCUT2D eigenvalue weighted by Crippen LogP contribution is -2.29. The zero-order chi connectivity index (χ0) is 17.9. The van der Waals surface area contributed by atoms with E-state index in [2.05, 4.69) is 41.5 Å². The maximum absolute atomic E-state index is 12.7. The zero-order valence-electron chi connectivity index (χ0n) is 14.6. The molecule has 0 bridgehead atoms. The smallest absolute Gasteiger partial charge is 0.268 e. The number of amides is 1. The average molecular weight is 348 g/mol. The summed E-state index contributed by atoms with van der Waals surface area (Å²) in [4.78, 5) is 16.7. The Morgan fingerprint density at radius 2 is 2.08 bits per heavy atom. The van der Waals surface area contributed by atoms with Crippen LogP contribution in [0.15, 0.2) is 65.8 Å². The molecule has 4 rings (SSSR count). The second kappa shape index (κ2) is 6.92. The van der Waals surface area contributed by atoms with Gasteiger partial charge in [-0.1, -0.05) is 29.8 Å². The van der Waals surface area contributed by atoms with Gasteiger partial charge in [-0.3, -0.25) is 4.79 Å². The Kier molecular flexibility index (Phi) is 4.31. The van der Waals surface area contributed by atoms with Crippen molar-refractivity contribution in [3.63, 3.8) is 0 Å². The summed E-state index contributed by atoms with van der Waals surface area (Å²) >= 11 is 0. The predicted octanol–water partition coefficient (Wildman–Crippen LogP) is 3.22. The molecule has 3 aromatic heterocycles. The fraction of sp³-hybridized carbons (Fsp3) is 0.200. The number of nitrogens with zero attached hydrogens (tertiary/aromatic N) is 3. The van der Waals surface area contributed by atoms with Crippen LogP contribution in [-0.4, -0.2) is 26.6 Å². The van der Waals surface area contributed by atoms with E-state index >= 15 is 0 Å². The lowest BCUT2D eigenvalue weighted by molar-refractivity contribution is 0.0944. The Morgan fingerprint density at radius 1 is 1.23 bits per heavy atom. The van der Waals surface area contributed by atoms with Crippen LogP contribution in [0.5, 0.6) is 0 Å². The van der Waals surface area contributed by atoms with E-state index in [0.717, 1.165) is 16.7 Å². The van der Waals surface area contributed by atoms with Crippen molar-refractivity contribution in [2.45, 2.75) is 20.0 Å². The molecule has 1 amide bonds. The minimum Gasteiger partial charge on any atom is -0.463 e. The SMILES string of the molecule is Cc1ccc(Cn2c(C(=O)NCCn3ccnc3)cc3occc32)cc1. The van der Waals surface area contributed by atoms with Crippen LogP contribution in [-0.2, 0) is 13.1 Å². The summed E-state index contributed by atoms with van der Waals surface area (Å²) in [5, 5.41) is 2.97. The number of hydrogen-bond donors (Lipinski definition) is 1. The van der Waals surface area contributed by atoms with E-state index in [4.69, 9.17) is 4.42 Å². The highest BCUT2D eigenvalue weighted by Gasteiger charge is 2.17. The van der Waals surface area contributed by atoms with Crippen LogP contribution < -0.4 is 5.32 Å². The first-order chi connectivity index (χ1) is 12.7. The van der Waals surface area contributed by atoms with Crippen molar-refractivity contribution in [3.05, 3.63) is 78.2 Å². The highest BCUT2D eigenvalue weighted by Crippen LogP contribution is 2.22. The van der Waals surface area contributed by atoms with Gasteiger partial charge >= 0.3 is 0 Å². The minimum atomic E-state index is -0.108. The van der Waals surface area contributed by atoms with Crippen molar-refractivity contribution in [1.82, 2.24) is 19.4 Å². The van der Waals surface area contributed by atoms with Crippen LogP contribution in [0.2, 0.25) is 0 Å². The van der Waals surface area contributed by atoms with E-state index in [1.54, 1.807) is 24.9 Å². The van der Waals surface area contributed by atoms with Gasteiger partial charge in [0.25, 0.3) is 5.91 Å². The molecule has 1 aromatic carbocycles. The number of rotatable bonds is 6. The molecule has 0 unspecified atom stereocenters. The van der Waals surface area contributed by atoms with Gasteiger partial charge in [-0.2, -0.15) is 0 Å². The molecule has 0 aliphatic rings. The zero-order valence-corrected chi connectivity index (χ0v) is 14.6. The number of aromatic nitrogens is 3. The first-order valence-corrected chi connectivity index (χ1v) is 8.57. The summed E-state index contributed by atoms with van der Waals surface area (Å²) < 4.78 is 9.42. The molecular formula is C20H20N4O2. The third-order valence-corrected chi connectivity index (χ3v) is 4.43. The molecule has 0 radical (unpaired) electrons. The van der Waals surface area contributed by atoms with Crippen molar-refractivity contribution < 1.29 is 9.21 Å². The summed E-state index contributed by atoms with van der Waals surface area (Å²) in [6.07, 6.45) is 6.98. The van der Waals surface area contributed by atoms with Crippen LogP contribution in [0.1, 0.15) is 21.6 Å². The molecule has 0 spiro atoms. The van der Waals surface area contributed by atoms with E-state index in [1.165, 1.54) is 5.56 Å². The van der Waals surface area contributed by atoms with Gasteiger partial charge in [-0.05, 0) is 12.5 Å². The number of carbonyl (C=O) groups excluding carboxylic acids is 1. The number of imidazole rings is 1. The number of hydrogen-bond acceptors (Lipinski definition) is 3. The number of benzene rings is 1. The lowest BCUT2D eigenvalue weighted by Gasteiger charge is -2.11. The number of nitrogens with one attached hydrogen (secondary N) is 1. The second-order valence-corrected chi connectivity index (χ2v) is 6.33. The van der Waals surface area contributed by atoms with Crippen molar-refractivity contribution in [2.24, 2.45) is 0 Å². The standard InChI is InChI=1S/C20H20N4O2/c1-15-2-4-16(5-3-15)13-24-17-6-11-26-19(17)12-18(24)20(25)22-8-10-23-9-7-21-14-23/h2-7,9,11-12,14H,8,10,13H2,1H3,(H,22,25). The molecule has 0 atom stereocenters. The maximum Gasteiger partial charge on any atom is 0.268 e. The fourth-order valence-electron chi connectivity index (χ4n) is 3.02. The van der Waals surface area contributed by atoms with Gasteiger partial charge in [0.2, 0.25) is 0 Å². The molecule has 0 aliphatic heterocycles. The lowest BCUT2D eigenvalue weighted by atomic mass is 10.1. The van der Waals surface area contributed by atoms with E-state index in [1.807, 2.05) is 21.4 Å². The average Bonchev–Trinajstić information content (AvgIpc) is 3.35. The highest BCUT2D eigenvalue weighted by atomic mass is 16.3. The molecular weight excluding hydrogens is 328 g/mol. The van der Waals surface area contributed by atoms with Crippen LogP contribution in [0, 0.1) is 6.92 Å². The van der Waals surface area contributed by atoms with Gasteiger partial charge in [0.05, 0.1) is 18.1 Å². The Hall–Kier alpha value is -3.28. The molecule has 4 aromatic rings. The summed E-state index contributed by atoms with van der Waals surface area (Å²) in [5.74, 6) is -0.108. The van der Waals surface area contributed by atoms with Gasteiger partial charge < -0.3 is 18.9 Å². The van der Waals surface area contributed by atoms with E-state index in [9.17, 15) is 4.79 Å². The summed E-state index contributed by atoms with van der Waals surface area (Å²) in [6, 6.07) is 12.0. The molecule has 0 fully saturated rings. The highest BCUT2D eigenvalue weighted by molar-refractivity contribution is 5.97. The van der Waals surface area contributed by atoms with Crippen LogP contribution in [0.25, 0.3) is 11.1 Å². The predicted molar refractivity (Wildman–Crippen MR) is 99.0 cm³/mol. The molecule has 3 heterocycles. The minimum absolute atomic E-state index is 0.108. The Labute approximate surface area is 151 Å². The Balaban J connectivity index is 1.54. The Bertz CT molecular complexity index is 1010. The molecule has 0 aliphatic carbocycles. The van der Waals surface area contributed by atoms with E-state index < -0.39 is 0 Å². The number of aryl methyl sites for hydroxylation is 1. The van der Waals surface area contributed by atoms with Crippen LogP contribution in [0.4, 0.5) is 0 Å². The number of fused-ring (bicyclic) bond motifs is 1. The largest absolute Gasteiger partial charge is 0.463 e. The summed E-state index contributed by atoms with van der Waals surface area (Å²) in [6.45, 7) is 3.90. The van der Waals surface area contributed by atoms with Crippen LogP contribution in [0.3, 0.4) is 0 Å². The Morgan fingerprint density at radius 3 is 2.85 bits per heavy atom. The summed E-state index contributed by atoms with van der Waals surface area (Å²) in [5.41, 5.74) is 4.60. The molecule has 1 N–H and O–H groups in total. The third kappa shape index (κ3) is 3.26. The first kappa shape index (κ1) is 16.2. The number of furan rings is 1. The van der Waals surface area contributed by atoms with Gasteiger partial charge in [-0.15, -0.1) is 0 Å². The fourth-order valence-corrected chi connectivity index (χ4v) is 3.02. The summed E-state index contributed by atoms with van der Waals surface area (Å²) in [7, 11) is 0. The normalized spacial score (nSPS) is 11.1. The van der Waals surface area contributed by atoms with Gasteiger partial charge in [-0.25, -0.2) is 4.98 Å². The quantitative estimate of drug-likeness (QED) is 0.582. The van der Waals surface area contributed by atoms with Crippen molar-refractivity contribution in [3.8, 4) is 0 Å². The van der Waals surface area contributed by atoms with Crippen molar-refractivity contribution in [1.29, 1.82) is 0 Å². The monoisotopic (exact) mass is 348 g/mol. The molecule has 0 saturated carbocycles. The van der Waals surface area contributed by atoms with Crippen molar-refractivity contribution >= 4 is 17.0 Å². The molecule has 6 nitrogen and oxygen atoms in total. The molecule has 6 heteroatoms. The molecule has 0 saturated heterocycles. The van der Waals surface area contributed by atoms with Crippen molar-refractivity contribution in [2.75, 3.05) is 6.54 Å². The molecule has 26 heavy (non-hydrogen) atoms. The van der Waals surface area contributed by atoms with Gasteiger partial charge in [0, 0.05) is 44.2 Å².